The Bertz CT molecular complexity index is 519. The van der Waals surface area contributed by atoms with E-state index in [0.29, 0.717) is 0 Å². The van der Waals surface area contributed by atoms with Gasteiger partial charge in [0.1, 0.15) is 0 Å². The largest absolute Gasteiger partial charge is 0.308 e. The van der Waals surface area contributed by atoms with Gasteiger partial charge in [-0.05, 0) is 20.4 Å². The third-order valence-electron chi connectivity index (χ3n) is 3.09. The van der Waals surface area contributed by atoms with Gasteiger partial charge in [0.25, 0.3) is 0 Å². The molecular formula is C12H19ClN6. The van der Waals surface area contributed by atoms with Crippen LogP contribution in [0.15, 0.2) is 6.20 Å². The maximum Gasteiger partial charge on any atom is 0.0997 e. The fraction of sp³-hybridized carbons (Fsp3) is 0.583. The normalized spacial score (nSPS) is 12.8. The molecule has 0 spiro atoms. The molecule has 0 fully saturated rings. The van der Waals surface area contributed by atoms with E-state index in [9.17, 15) is 0 Å². The summed E-state index contributed by atoms with van der Waals surface area (Å²) in [6, 6.07) is 0.0858. The van der Waals surface area contributed by atoms with E-state index in [1.54, 1.807) is 6.20 Å². The van der Waals surface area contributed by atoms with Crippen LogP contribution in [0.4, 0.5) is 0 Å². The predicted octanol–water partition coefficient (Wildman–Crippen LogP) is 1.88. The number of nitrogens with zero attached hydrogens (tertiary/aromatic N) is 4. The van der Waals surface area contributed by atoms with Gasteiger partial charge in [-0.3, -0.25) is 4.68 Å². The zero-order valence-corrected chi connectivity index (χ0v) is 12.2. The summed E-state index contributed by atoms with van der Waals surface area (Å²) in [7, 11) is 0. The fourth-order valence-corrected chi connectivity index (χ4v) is 2.38. The molecule has 6 nitrogen and oxygen atoms in total. The maximum absolute atomic E-state index is 6.34. The number of nitrogens with one attached hydrogen (secondary N) is 2. The molecule has 19 heavy (non-hydrogen) atoms. The van der Waals surface area contributed by atoms with Crippen LogP contribution in [0.1, 0.15) is 37.0 Å². The van der Waals surface area contributed by atoms with E-state index in [0.717, 1.165) is 41.6 Å². The molecule has 0 saturated heterocycles. The summed E-state index contributed by atoms with van der Waals surface area (Å²) in [5.41, 5.74) is 2.80. The summed E-state index contributed by atoms with van der Waals surface area (Å²) in [4.78, 5) is 0. The van der Waals surface area contributed by atoms with Crippen LogP contribution in [0.25, 0.3) is 0 Å². The highest BCUT2D eigenvalue weighted by atomic mass is 35.5. The van der Waals surface area contributed by atoms with E-state index in [1.807, 2.05) is 11.6 Å². The van der Waals surface area contributed by atoms with Gasteiger partial charge in [0.2, 0.25) is 0 Å². The number of halogens is 1. The van der Waals surface area contributed by atoms with Gasteiger partial charge in [-0.2, -0.15) is 20.5 Å². The Morgan fingerprint density at radius 3 is 2.84 bits per heavy atom. The number of aromatic amines is 1. The van der Waals surface area contributed by atoms with Gasteiger partial charge in [0, 0.05) is 13.0 Å². The van der Waals surface area contributed by atoms with Crippen molar-refractivity contribution in [1.82, 2.24) is 30.5 Å². The van der Waals surface area contributed by atoms with Crippen molar-refractivity contribution in [2.45, 2.75) is 39.8 Å². The van der Waals surface area contributed by atoms with Crippen molar-refractivity contribution in [3.8, 4) is 0 Å². The molecule has 0 aromatic carbocycles. The van der Waals surface area contributed by atoms with E-state index in [4.69, 9.17) is 11.6 Å². The standard InChI is InChI=1S/C12H19ClN6/c1-4-14-9(10-7-15-18-16-10)6-11-12(13)8(3)17-19(11)5-2/h7,9,14H,4-6H2,1-3H3,(H,15,16,18). The molecule has 104 valence electrons. The lowest BCUT2D eigenvalue weighted by Gasteiger charge is -2.16. The molecule has 1 atom stereocenters. The van der Waals surface area contributed by atoms with Gasteiger partial charge >= 0.3 is 0 Å². The van der Waals surface area contributed by atoms with Crippen molar-refractivity contribution in [1.29, 1.82) is 0 Å². The highest BCUT2D eigenvalue weighted by Crippen LogP contribution is 2.25. The van der Waals surface area contributed by atoms with Gasteiger partial charge in [-0.25, -0.2) is 0 Å². The lowest BCUT2D eigenvalue weighted by Crippen LogP contribution is -2.24. The first kappa shape index (κ1) is 14.0. The highest BCUT2D eigenvalue weighted by molar-refractivity contribution is 6.31. The summed E-state index contributed by atoms with van der Waals surface area (Å²) in [5, 5.41) is 19.2. The third kappa shape index (κ3) is 2.96. The minimum atomic E-state index is 0.0858. The average molecular weight is 283 g/mol. The number of hydrogen-bond donors (Lipinski definition) is 2. The molecule has 0 bridgehead atoms. The smallest absolute Gasteiger partial charge is 0.0997 e. The van der Waals surface area contributed by atoms with Gasteiger partial charge in [0.05, 0.1) is 34.3 Å². The first-order valence-corrected chi connectivity index (χ1v) is 6.86. The Morgan fingerprint density at radius 1 is 1.47 bits per heavy atom. The molecule has 7 heteroatoms. The summed E-state index contributed by atoms with van der Waals surface area (Å²) >= 11 is 6.34. The Labute approximate surface area is 117 Å². The average Bonchev–Trinajstić information content (AvgIpc) is 3.01. The maximum atomic E-state index is 6.34. The second-order valence-electron chi connectivity index (χ2n) is 4.37. The Balaban J connectivity index is 2.27. The highest BCUT2D eigenvalue weighted by Gasteiger charge is 2.20. The molecule has 2 aromatic rings. The van der Waals surface area contributed by atoms with E-state index in [2.05, 4.69) is 39.7 Å². The SMILES string of the molecule is CCNC(Cc1c(Cl)c(C)nn1CC)c1cn[nH]n1. The Hall–Kier alpha value is -1.40. The Morgan fingerprint density at radius 2 is 2.26 bits per heavy atom. The zero-order chi connectivity index (χ0) is 13.8. The van der Waals surface area contributed by atoms with Crippen molar-refractivity contribution >= 4 is 11.6 Å². The second kappa shape index (κ2) is 6.16. The first-order valence-electron chi connectivity index (χ1n) is 6.48. The predicted molar refractivity (Wildman–Crippen MR) is 74.2 cm³/mol. The van der Waals surface area contributed by atoms with Gasteiger partial charge in [-0.15, -0.1) is 0 Å². The summed E-state index contributed by atoms with van der Waals surface area (Å²) < 4.78 is 1.95. The molecule has 2 heterocycles. The van der Waals surface area contributed by atoms with E-state index in [-0.39, 0.29) is 6.04 Å². The van der Waals surface area contributed by atoms with Crippen LogP contribution in [-0.4, -0.2) is 31.7 Å². The second-order valence-corrected chi connectivity index (χ2v) is 4.75. The Kier molecular flexibility index (Phi) is 4.55. The summed E-state index contributed by atoms with van der Waals surface area (Å²) in [6.07, 6.45) is 2.48. The van der Waals surface area contributed by atoms with Crippen LogP contribution < -0.4 is 5.32 Å². The number of aromatic nitrogens is 5. The number of aryl methyl sites for hydroxylation is 2. The van der Waals surface area contributed by atoms with Crippen molar-refractivity contribution < 1.29 is 0 Å². The van der Waals surface area contributed by atoms with Crippen molar-refractivity contribution in [3.05, 3.63) is 28.3 Å². The van der Waals surface area contributed by atoms with Crippen molar-refractivity contribution in [2.24, 2.45) is 0 Å². The molecule has 0 saturated carbocycles. The van der Waals surface area contributed by atoms with Crippen molar-refractivity contribution in [3.63, 3.8) is 0 Å². The van der Waals surface area contributed by atoms with Crippen LogP contribution in [0.3, 0.4) is 0 Å². The van der Waals surface area contributed by atoms with Gasteiger partial charge < -0.3 is 5.32 Å². The van der Waals surface area contributed by atoms with E-state index in [1.165, 1.54) is 0 Å². The zero-order valence-electron chi connectivity index (χ0n) is 11.4. The van der Waals surface area contributed by atoms with Crippen LogP contribution in [0.2, 0.25) is 5.02 Å². The van der Waals surface area contributed by atoms with Crippen molar-refractivity contribution in [2.75, 3.05) is 6.54 Å². The van der Waals surface area contributed by atoms with Gasteiger partial charge in [0.15, 0.2) is 0 Å². The molecule has 0 aliphatic rings. The molecule has 2 rings (SSSR count). The van der Waals surface area contributed by atoms with Gasteiger partial charge in [-0.1, -0.05) is 18.5 Å². The fourth-order valence-electron chi connectivity index (χ4n) is 2.16. The van der Waals surface area contributed by atoms with Crippen LogP contribution in [0.5, 0.6) is 0 Å². The van der Waals surface area contributed by atoms with Crippen LogP contribution in [-0.2, 0) is 13.0 Å². The third-order valence-corrected chi connectivity index (χ3v) is 3.58. The lowest BCUT2D eigenvalue weighted by molar-refractivity contribution is 0.506. The van der Waals surface area contributed by atoms with E-state index >= 15 is 0 Å². The van der Waals surface area contributed by atoms with Crippen LogP contribution in [0, 0.1) is 6.92 Å². The number of H-pyrrole nitrogens is 1. The number of hydrogen-bond acceptors (Lipinski definition) is 4. The first-order chi connectivity index (χ1) is 9.17. The minimum absolute atomic E-state index is 0.0858. The molecule has 2 N–H and O–H groups in total. The van der Waals surface area contributed by atoms with E-state index < -0.39 is 0 Å². The molecule has 1 unspecified atom stereocenters. The minimum Gasteiger partial charge on any atom is -0.308 e. The summed E-state index contributed by atoms with van der Waals surface area (Å²) in [5.74, 6) is 0. The number of likely N-dealkylation sites (N-methyl/N-ethyl adjacent to an activating group) is 1. The monoisotopic (exact) mass is 282 g/mol. The lowest BCUT2D eigenvalue weighted by atomic mass is 10.1. The van der Waals surface area contributed by atoms with Crippen LogP contribution >= 0.6 is 11.6 Å². The molecule has 2 aromatic heterocycles. The molecule has 0 radical (unpaired) electrons. The molecular weight excluding hydrogens is 264 g/mol. The quantitative estimate of drug-likeness (QED) is 0.849. The topological polar surface area (TPSA) is 71.4 Å². The number of rotatable bonds is 6. The molecule has 0 aliphatic carbocycles. The molecule has 0 amide bonds. The molecule has 0 aliphatic heterocycles. The summed E-state index contributed by atoms with van der Waals surface area (Å²) in [6.45, 7) is 7.72.